The lowest BCUT2D eigenvalue weighted by molar-refractivity contribution is 0.542. The third-order valence-corrected chi connectivity index (χ3v) is 4.91. The van der Waals surface area contributed by atoms with E-state index in [1.54, 1.807) is 22.9 Å². The van der Waals surface area contributed by atoms with Crippen molar-refractivity contribution in [2.45, 2.75) is 19.9 Å². The SMILES string of the molecule is CC(C)n1[nH]c(=O)c2c(-c3ccc[nH]c3=O)c3oc4cc(=O)ccc4c3[nH]c21. The summed E-state index contributed by atoms with van der Waals surface area (Å²) in [5.41, 5.74) is 1.80. The van der Waals surface area contributed by atoms with E-state index in [1.165, 1.54) is 18.3 Å². The summed E-state index contributed by atoms with van der Waals surface area (Å²) < 4.78 is 7.68. The van der Waals surface area contributed by atoms with Gasteiger partial charge in [0.25, 0.3) is 11.1 Å². The third-order valence-electron chi connectivity index (χ3n) is 4.91. The van der Waals surface area contributed by atoms with Crippen molar-refractivity contribution >= 4 is 33.1 Å². The van der Waals surface area contributed by atoms with E-state index in [1.807, 2.05) is 13.8 Å². The van der Waals surface area contributed by atoms with Crippen LogP contribution in [0.3, 0.4) is 0 Å². The minimum absolute atomic E-state index is 0.0211. The van der Waals surface area contributed by atoms with Crippen LogP contribution in [0, 0.1) is 0 Å². The molecule has 1 aromatic carbocycles. The van der Waals surface area contributed by atoms with E-state index in [2.05, 4.69) is 15.1 Å². The van der Waals surface area contributed by atoms with Crippen molar-refractivity contribution in [3.05, 3.63) is 67.5 Å². The van der Waals surface area contributed by atoms with Crippen LogP contribution in [0.4, 0.5) is 0 Å². The number of furan rings is 1. The van der Waals surface area contributed by atoms with Gasteiger partial charge < -0.3 is 14.4 Å². The lowest BCUT2D eigenvalue weighted by Gasteiger charge is -2.09. The average Bonchev–Trinajstić information content (AvgIpc) is 3.18. The summed E-state index contributed by atoms with van der Waals surface area (Å²) in [6.07, 6.45) is 1.53. The Bertz CT molecular complexity index is 1560. The van der Waals surface area contributed by atoms with Gasteiger partial charge in [-0.1, -0.05) is 0 Å². The minimum Gasteiger partial charge on any atom is -0.454 e. The molecule has 0 fully saturated rings. The molecule has 0 radical (unpaired) electrons. The van der Waals surface area contributed by atoms with Crippen molar-refractivity contribution in [1.82, 2.24) is 19.7 Å². The molecule has 0 aliphatic rings. The van der Waals surface area contributed by atoms with E-state index < -0.39 is 0 Å². The van der Waals surface area contributed by atoms with Crippen molar-refractivity contribution in [3.63, 3.8) is 0 Å². The molecule has 5 aromatic rings. The fraction of sp³-hybridized carbons (Fsp3) is 0.150. The van der Waals surface area contributed by atoms with Crippen LogP contribution < -0.4 is 16.5 Å². The number of aromatic amines is 3. The summed E-state index contributed by atoms with van der Waals surface area (Å²) in [6, 6.07) is 7.84. The first kappa shape index (κ1) is 16.4. The maximum absolute atomic E-state index is 12.8. The number of nitrogens with zero attached hydrogens (tertiary/aromatic N) is 1. The molecule has 8 nitrogen and oxygen atoms in total. The number of hydrogen-bond donors (Lipinski definition) is 3. The molecular formula is C20H16N4O4. The molecule has 0 saturated carbocycles. The Kier molecular flexibility index (Phi) is 3.27. The van der Waals surface area contributed by atoms with Gasteiger partial charge in [0, 0.05) is 29.3 Å². The van der Waals surface area contributed by atoms with E-state index >= 15 is 0 Å². The number of benzene rings is 1. The zero-order chi connectivity index (χ0) is 19.6. The molecule has 0 aliphatic carbocycles. The van der Waals surface area contributed by atoms with Crippen LogP contribution in [-0.2, 0) is 0 Å². The van der Waals surface area contributed by atoms with Crippen LogP contribution in [-0.4, -0.2) is 19.7 Å². The van der Waals surface area contributed by atoms with Crippen LogP contribution in [0.2, 0.25) is 0 Å². The van der Waals surface area contributed by atoms with Gasteiger partial charge in [0.05, 0.1) is 16.5 Å². The lowest BCUT2D eigenvalue weighted by atomic mass is 10.0. The maximum atomic E-state index is 12.8. The average molecular weight is 376 g/mol. The molecule has 140 valence electrons. The number of aromatic nitrogens is 4. The second-order valence-corrected chi connectivity index (χ2v) is 7.01. The Hall–Kier alpha value is -3.81. The summed E-state index contributed by atoms with van der Waals surface area (Å²) in [5.74, 6) is 0. The molecule has 0 bridgehead atoms. The summed E-state index contributed by atoms with van der Waals surface area (Å²) in [4.78, 5) is 43.1. The molecule has 0 spiro atoms. The second-order valence-electron chi connectivity index (χ2n) is 7.01. The first-order chi connectivity index (χ1) is 13.5. The maximum Gasteiger partial charge on any atom is 0.274 e. The normalized spacial score (nSPS) is 12.0. The van der Waals surface area contributed by atoms with Crippen molar-refractivity contribution in [2.24, 2.45) is 0 Å². The molecule has 0 aliphatic heterocycles. The van der Waals surface area contributed by atoms with Crippen LogP contribution in [0.25, 0.3) is 44.2 Å². The number of hydrogen-bond acceptors (Lipinski definition) is 4. The number of pyridine rings is 2. The highest BCUT2D eigenvalue weighted by Crippen LogP contribution is 2.37. The first-order valence-corrected chi connectivity index (χ1v) is 8.86. The summed E-state index contributed by atoms with van der Waals surface area (Å²) in [7, 11) is 0. The highest BCUT2D eigenvalue weighted by molar-refractivity contribution is 6.14. The standard InChI is InChI=1S/C20H16N4O4/c1-9(2)24-18-15(20(27)23-24)14(12-4-3-7-21-19(12)26)17-16(22-18)11-6-5-10(25)8-13(11)28-17/h3-9,22H,1-2H3,(H,21,26)(H,23,27). The molecule has 0 saturated heterocycles. The highest BCUT2D eigenvalue weighted by Gasteiger charge is 2.23. The molecule has 3 N–H and O–H groups in total. The monoisotopic (exact) mass is 376 g/mol. The first-order valence-electron chi connectivity index (χ1n) is 8.86. The fourth-order valence-corrected chi connectivity index (χ4v) is 3.68. The van der Waals surface area contributed by atoms with Gasteiger partial charge in [0.15, 0.2) is 11.0 Å². The minimum atomic E-state index is -0.335. The molecule has 0 unspecified atom stereocenters. The smallest absolute Gasteiger partial charge is 0.274 e. The van der Waals surface area contributed by atoms with Crippen LogP contribution in [0.5, 0.6) is 0 Å². The summed E-state index contributed by atoms with van der Waals surface area (Å²) in [5, 5.41) is 3.86. The zero-order valence-electron chi connectivity index (χ0n) is 15.1. The van der Waals surface area contributed by atoms with Crippen molar-refractivity contribution < 1.29 is 4.42 Å². The van der Waals surface area contributed by atoms with Gasteiger partial charge in [-0.25, -0.2) is 0 Å². The molecule has 4 heterocycles. The Balaban J connectivity index is 2.11. The molecule has 8 heteroatoms. The van der Waals surface area contributed by atoms with E-state index in [9.17, 15) is 14.4 Å². The Labute approximate surface area is 156 Å². The van der Waals surface area contributed by atoms with Gasteiger partial charge in [0.2, 0.25) is 0 Å². The Morgan fingerprint density at radius 2 is 1.89 bits per heavy atom. The van der Waals surface area contributed by atoms with Gasteiger partial charge in [-0.3, -0.25) is 24.2 Å². The van der Waals surface area contributed by atoms with Crippen LogP contribution >= 0.6 is 0 Å². The van der Waals surface area contributed by atoms with Crippen molar-refractivity contribution in [3.8, 4) is 11.1 Å². The van der Waals surface area contributed by atoms with Crippen molar-refractivity contribution in [1.29, 1.82) is 0 Å². The van der Waals surface area contributed by atoms with Gasteiger partial charge in [-0.15, -0.1) is 0 Å². The predicted molar refractivity (Wildman–Crippen MR) is 107 cm³/mol. The van der Waals surface area contributed by atoms with E-state index in [0.717, 1.165) is 0 Å². The zero-order valence-corrected chi connectivity index (χ0v) is 15.1. The van der Waals surface area contributed by atoms with Crippen molar-refractivity contribution in [2.75, 3.05) is 0 Å². The molecule has 0 atom stereocenters. The molecule has 4 aromatic heterocycles. The topological polar surface area (TPSA) is 117 Å². The molecule has 0 amide bonds. The number of rotatable bonds is 2. The number of H-pyrrole nitrogens is 3. The quantitative estimate of drug-likeness (QED) is 0.439. The van der Waals surface area contributed by atoms with Gasteiger partial charge >= 0.3 is 0 Å². The summed E-state index contributed by atoms with van der Waals surface area (Å²) in [6.45, 7) is 3.89. The molecular weight excluding hydrogens is 360 g/mol. The largest absolute Gasteiger partial charge is 0.454 e. The van der Waals surface area contributed by atoms with Crippen LogP contribution in [0.1, 0.15) is 19.9 Å². The lowest BCUT2D eigenvalue weighted by Crippen LogP contribution is -2.09. The predicted octanol–water partition coefficient (Wildman–Crippen LogP) is 2.85. The van der Waals surface area contributed by atoms with Gasteiger partial charge in [-0.05, 0) is 38.1 Å². The van der Waals surface area contributed by atoms with Gasteiger partial charge in [-0.2, -0.15) is 0 Å². The number of nitrogens with one attached hydrogen (secondary N) is 3. The molecule has 28 heavy (non-hydrogen) atoms. The van der Waals surface area contributed by atoms with Crippen LogP contribution in [0.15, 0.2) is 55.3 Å². The fourth-order valence-electron chi connectivity index (χ4n) is 3.68. The van der Waals surface area contributed by atoms with Gasteiger partial charge in [0.1, 0.15) is 11.2 Å². The van der Waals surface area contributed by atoms with E-state index in [4.69, 9.17) is 4.42 Å². The number of fused-ring (bicyclic) bond motifs is 4. The molecule has 5 rings (SSSR count). The Morgan fingerprint density at radius 3 is 2.64 bits per heavy atom. The third kappa shape index (κ3) is 2.14. The van der Waals surface area contributed by atoms with E-state index in [0.29, 0.717) is 44.2 Å². The van der Waals surface area contributed by atoms with E-state index in [-0.39, 0.29) is 22.6 Å². The highest BCUT2D eigenvalue weighted by atomic mass is 16.3. The summed E-state index contributed by atoms with van der Waals surface area (Å²) >= 11 is 0. The second kappa shape index (κ2) is 5.59. The Morgan fingerprint density at radius 1 is 1.07 bits per heavy atom.